The molecule has 9 heteroatoms. The molecule has 9 nitrogen and oxygen atoms in total. The lowest BCUT2D eigenvalue weighted by Gasteiger charge is -2.38. The van der Waals surface area contributed by atoms with Crippen molar-refractivity contribution in [2.24, 2.45) is 5.41 Å². The van der Waals surface area contributed by atoms with E-state index in [1.54, 1.807) is 6.92 Å². The molecule has 2 rings (SSSR count). The second-order valence-corrected chi connectivity index (χ2v) is 8.01. The zero-order valence-corrected chi connectivity index (χ0v) is 17.8. The minimum atomic E-state index is -0.665. The van der Waals surface area contributed by atoms with E-state index in [2.05, 4.69) is 5.32 Å². The van der Waals surface area contributed by atoms with Crippen molar-refractivity contribution in [3.05, 3.63) is 35.9 Å². The average molecular weight is 419 g/mol. The van der Waals surface area contributed by atoms with Gasteiger partial charge >= 0.3 is 12.1 Å². The first kappa shape index (κ1) is 23.2. The van der Waals surface area contributed by atoms with Crippen molar-refractivity contribution in [2.75, 3.05) is 26.2 Å². The van der Waals surface area contributed by atoms with Gasteiger partial charge in [0.25, 0.3) is 0 Å². The molecular weight excluding hydrogens is 390 g/mol. The first-order valence-corrected chi connectivity index (χ1v) is 9.82. The molecule has 0 aliphatic carbocycles. The lowest BCUT2D eigenvalue weighted by atomic mass is 9.91. The zero-order chi connectivity index (χ0) is 22.3. The van der Waals surface area contributed by atoms with Crippen LogP contribution in [0.25, 0.3) is 0 Å². The Bertz CT molecular complexity index is 775. The Labute approximate surface area is 176 Å². The third-order valence-electron chi connectivity index (χ3n) is 4.48. The number of hydrogen-bond donors (Lipinski definition) is 1. The normalized spacial score (nSPS) is 16.4. The Kier molecular flexibility index (Phi) is 7.79. The Balaban J connectivity index is 2.04. The van der Waals surface area contributed by atoms with Crippen LogP contribution in [-0.2, 0) is 30.5 Å². The number of hydrogen-bond acceptors (Lipinski definition) is 6. The molecule has 0 bridgehead atoms. The van der Waals surface area contributed by atoms with Gasteiger partial charge in [0, 0.05) is 5.41 Å². The van der Waals surface area contributed by atoms with E-state index in [9.17, 15) is 19.2 Å². The standard InChI is InChI=1S/C21H29N3O6/c1-5-29-18(27)11-22-16(25)12-23-17(26)13-24(19(23)21(2,3)4)20(28)30-14-15-9-7-6-8-10-15/h6-10,19H,5,11-14H2,1-4H3,(H,22,25)/t19-/m1/s1. The fraction of sp³-hybridized carbons (Fsp3) is 0.524. The minimum Gasteiger partial charge on any atom is -0.465 e. The Hall–Kier alpha value is -3.10. The van der Waals surface area contributed by atoms with E-state index >= 15 is 0 Å². The number of rotatable bonds is 7. The van der Waals surface area contributed by atoms with Gasteiger partial charge in [-0.1, -0.05) is 51.1 Å². The molecule has 1 aromatic rings. The fourth-order valence-corrected chi connectivity index (χ4v) is 3.30. The molecule has 30 heavy (non-hydrogen) atoms. The average Bonchev–Trinajstić information content (AvgIpc) is 3.02. The molecule has 0 unspecified atom stereocenters. The molecule has 1 saturated heterocycles. The molecule has 0 aromatic heterocycles. The summed E-state index contributed by atoms with van der Waals surface area (Å²) in [5.74, 6) is -1.43. The molecule has 1 aliphatic heterocycles. The van der Waals surface area contributed by atoms with E-state index in [0.717, 1.165) is 5.56 Å². The van der Waals surface area contributed by atoms with E-state index < -0.39 is 29.6 Å². The van der Waals surface area contributed by atoms with Crippen LogP contribution in [0.5, 0.6) is 0 Å². The largest absolute Gasteiger partial charge is 0.465 e. The maximum atomic E-state index is 12.7. The van der Waals surface area contributed by atoms with Crippen molar-refractivity contribution in [2.45, 2.75) is 40.5 Å². The number of esters is 1. The summed E-state index contributed by atoms with van der Waals surface area (Å²) in [7, 11) is 0. The summed E-state index contributed by atoms with van der Waals surface area (Å²) in [6.07, 6.45) is -1.29. The first-order valence-electron chi connectivity index (χ1n) is 9.82. The van der Waals surface area contributed by atoms with Gasteiger partial charge in [0.05, 0.1) is 6.61 Å². The number of carbonyl (C=O) groups excluding carboxylic acids is 4. The van der Waals surface area contributed by atoms with Gasteiger partial charge in [0.1, 0.15) is 32.4 Å². The molecule has 0 radical (unpaired) electrons. The summed E-state index contributed by atoms with van der Waals surface area (Å²) in [5, 5.41) is 2.44. The highest BCUT2D eigenvalue weighted by molar-refractivity contribution is 5.91. The van der Waals surface area contributed by atoms with Crippen molar-refractivity contribution >= 4 is 23.9 Å². The Morgan fingerprint density at radius 2 is 1.80 bits per heavy atom. The fourth-order valence-electron chi connectivity index (χ4n) is 3.30. The van der Waals surface area contributed by atoms with Crippen LogP contribution in [0.1, 0.15) is 33.3 Å². The molecule has 0 spiro atoms. The molecule has 0 saturated carbocycles. The van der Waals surface area contributed by atoms with Gasteiger partial charge in [-0.2, -0.15) is 0 Å². The van der Waals surface area contributed by atoms with Crippen molar-refractivity contribution in [1.29, 1.82) is 0 Å². The van der Waals surface area contributed by atoms with Gasteiger partial charge in [0.2, 0.25) is 11.8 Å². The van der Waals surface area contributed by atoms with Gasteiger partial charge in [0.15, 0.2) is 0 Å². The maximum Gasteiger partial charge on any atom is 0.412 e. The highest BCUT2D eigenvalue weighted by atomic mass is 16.6. The van der Waals surface area contributed by atoms with Crippen LogP contribution in [0.4, 0.5) is 4.79 Å². The highest BCUT2D eigenvalue weighted by Gasteiger charge is 2.47. The van der Waals surface area contributed by atoms with Gasteiger partial charge in [-0.05, 0) is 12.5 Å². The summed E-state index contributed by atoms with van der Waals surface area (Å²) in [5.41, 5.74) is 0.304. The third kappa shape index (κ3) is 6.20. The third-order valence-corrected chi connectivity index (χ3v) is 4.48. The maximum absolute atomic E-state index is 12.7. The van der Waals surface area contributed by atoms with Gasteiger partial charge < -0.3 is 19.7 Å². The zero-order valence-electron chi connectivity index (χ0n) is 17.8. The Morgan fingerprint density at radius 1 is 1.13 bits per heavy atom. The predicted molar refractivity (Wildman–Crippen MR) is 108 cm³/mol. The SMILES string of the molecule is CCOC(=O)CNC(=O)CN1C(=O)CN(C(=O)OCc2ccccc2)[C@@H]1C(C)(C)C. The minimum absolute atomic E-state index is 0.0846. The molecule has 164 valence electrons. The van der Waals surface area contributed by atoms with E-state index in [-0.39, 0.29) is 38.8 Å². The highest BCUT2D eigenvalue weighted by Crippen LogP contribution is 2.32. The number of nitrogens with one attached hydrogen (secondary N) is 1. The number of benzene rings is 1. The predicted octanol–water partition coefficient (Wildman–Crippen LogP) is 1.52. The van der Waals surface area contributed by atoms with E-state index in [1.165, 1.54) is 9.80 Å². The second-order valence-electron chi connectivity index (χ2n) is 8.01. The van der Waals surface area contributed by atoms with Gasteiger partial charge in [-0.25, -0.2) is 4.79 Å². The van der Waals surface area contributed by atoms with Crippen LogP contribution < -0.4 is 5.32 Å². The molecule has 1 fully saturated rings. The summed E-state index contributed by atoms with van der Waals surface area (Å²) in [6, 6.07) is 9.23. The van der Waals surface area contributed by atoms with Crippen LogP contribution in [0.3, 0.4) is 0 Å². The summed E-state index contributed by atoms with van der Waals surface area (Å²) in [6.45, 7) is 6.85. The van der Waals surface area contributed by atoms with Crippen molar-refractivity contribution in [3.8, 4) is 0 Å². The van der Waals surface area contributed by atoms with Crippen LogP contribution in [0, 0.1) is 5.41 Å². The van der Waals surface area contributed by atoms with E-state index in [1.807, 2.05) is 51.1 Å². The van der Waals surface area contributed by atoms with Crippen molar-refractivity contribution in [1.82, 2.24) is 15.1 Å². The molecule has 1 atom stereocenters. The summed E-state index contributed by atoms with van der Waals surface area (Å²) in [4.78, 5) is 51.7. The van der Waals surface area contributed by atoms with Crippen LogP contribution >= 0.6 is 0 Å². The molecule has 1 aromatic carbocycles. The van der Waals surface area contributed by atoms with Crippen molar-refractivity contribution in [3.63, 3.8) is 0 Å². The van der Waals surface area contributed by atoms with Gasteiger partial charge in [-0.3, -0.25) is 19.3 Å². The van der Waals surface area contributed by atoms with Crippen LogP contribution in [-0.4, -0.2) is 66.1 Å². The number of ether oxygens (including phenoxy) is 2. The molecular formula is C21H29N3O6. The topological polar surface area (TPSA) is 105 Å². The molecule has 1 N–H and O–H groups in total. The second kappa shape index (κ2) is 10.1. The molecule has 1 aliphatic rings. The lowest BCUT2D eigenvalue weighted by molar-refractivity contribution is -0.144. The monoisotopic (exact) mass is 419 g/mol. The quantitative estimate of drug-likeness (QED) is 0.672. The van der Waals surface area contributed by atoms with E-state index in [0.29, 0.717) is 0 Å². The number of amides is 3. The summed E-state index contributed by atoms with van der Waals surface area (Å²) < 4.78 is 10.2. The summed E-state index contributed by atoms with van der Waals surface area (Å²) >= 11 is 0. The van der Waals surface area contributed by atoms with Gasteiger partial charge in [-0.15, -0.1) is 0 Å². The smallest absolute Gasteiger partial charge is 0.412 e. The van der Waals surface area contributed by atoms with Crippen molar-refractivity contribution < 1.29 is 28.7 Å². The van der Waals surface area contributed by atoms with Crippen LogP contribution in [0.2, 0.25) is 0 Å². The lowest BCUT2D eigenvalue weighted by Crippen LogP contribution is -2.53. The Morgan fingerprint density at radius 3 is 2.40 bits per heavy atom. The number of carbonyl (C=O) groups is 4. The molecule has 1 heterocycles. The van der Waals surface area contributed by atoms with Crippen LogP contribution in [0.15, 0.2) is 30.3 Å². The number of nitrogens with zero attached hydrogens (tertiary/aromatic N) is 2. The first-order chi connectivity index (χ1) is 14.1. The van der Waals surface area contributed by atoms with E-state index in [4.69, 9.17) is 9.47 Å². The molecule has 3 amide bonds.